The summed E-state index contributed by atoms with van der Waals surface area (Å²) in [5, 5.41) is 0. The number of aromatic nitrogens is 1. The Kier molecular flexibility index (Phi) is 5.42. The van der Waals surface area contributed by atoms with E-state index in [9.17, 15) is 0 Å². The fraction of sp³-hybridized carbons (Fsp3) is 0.643. The summed E-state index contributed by atoms with van der Waals surface area (Å²) in [6.07, 6.45) is 1.88. The van der Waals surface area contributed by atoms with Gasteiger partial charge in [0.2, 0.25) is 0 Å². The molecular formula is C14H25N3. The van der Waals surface area contributed by atoms with Crippen LogP contribution in [0.15, 0.2) is 18.3 Å². The molecule has 96 valence electrons. The van der Waals surface area contributed by atoms with Gasteiger partial charge in [-0.2, -0.15) is 0 Å². The Morgan fingerprint density at radius 3 is 2.12 bits per heavy atom. The fourth-order valence-corrected chi connectivity index (χ4v) is 2.02. The first-order chi connectivity index (χ1) is 7.97. The van der Waals surface area contributed by atoms with Gasteiger partial charge in [0, 0.05) is 25.8 Å². The lowest BCUT2D eigenvalue weighted by Crippen LogP contribution is -2.30. The molecule has 1 heterocycles. The molecule has 0 aliphatic rings. The lowest BCUT2D eigenvalue weighted by molar-refractivity contribution is 0.211. The van der Waals surface area contributed by atoms with Crippen molar-refractivity contribution in [3.63, 3.8) is 0 Å². The van der Waals surface area contributed by atoms with Crippen molar-refractivity contribution in [2.45, 2.75) is 34.2 Å². The van der Waals surface area contributed by atoms with E-state index in [1.165, 1.54) is 5.56 Å². The highest BCUT2D eigenvalue weighted by atomic mass is 15.1. The van der Waals surface area contributed by atoms with E-state index in [-0.39, 0.29) is 0 Å². The molecule has 3 nitrogen and oxygen atoms in total. The molecule has 0 spiro atoms. The van der Waals surface area contributed by atoms with Crippen molar-refractivity contribution >= 4 is 5.82 Å². The first-order valence-electron chi connectivity index (χ1n) is 6.40. The molecule has 2 N–H and O–H groups in total. The SMILES string of the molecule is CC(C)CN(Cc1ccc(N)nc1)CC(C)C. The van der Waals surface area contributed by atoms with Crippen LogP contribution in [0.25, 0.3) is 0 Å². The van der Waals surface area contributed by atoms with E-state index < -0.39 is 0 Å². The van der Waals surface area contributed by atoms with Gasteiger partial charge in [0.25, 0.3) is 0 Å². The third-order valence-corrected chi connectivity index (χ3v) is 2.50. The predicted octanol–water partition coefficient (Wildman–Crippen LogP) is 2.78. The van der Waals surface area contributed by atoms with Gasteiger partial charge in [0.15, 0.2) is 0 Å². The van der Waals surface area contributed by atoms with Crippen LogP contribution < -0.4 is 5.73 Å². The number of nitrogens with zero attached hydrogens (tertiary/aromatic N) is 2. The van der Waals surface area contributed by atoms with Crippen LogP contribution in [0, 0.1) is 11.8 Å². The van der Waals surface area contributed by atoms with Gasteiger partial charge in [0.1, 0.15) is 5.82 Å². The van der Waals surface area contributed by atoms with Crippen molar-refractivity contribution in [3.8, 4) is 0 Å². The zero-order chi connectivity index (χ0) is 12.8. The highest BCUT2D eigenvalue weighted by Crippen LogP contribution is 2.10. The van der Waals surface area contributed by atoms with Crippen LogP contribution in [-0.2, 0) is 6.54 Å². The number of hydrogen-bond donors (Lipinski definition) is 1. The number of nitrogens with two attached hydrogens (primary N) is 1. The molecule has 0 fully saturated rings. The first-order valence-corrected chi connectivity index (χ1v) is 6.40. The maximum Gasteiger partial charge on any atom is 0.123 e. The quantitative estimate of drug-likeness (QED) is 0.824. The maximum absolute atomic E-state index is 5.59. The minimum Gasteiger partial charge on any atom is -0.384 e. The summed E-state index contributed by atoms with van der Waals surface area (Å²) < 4.78 is 0. The van der Waals surface area contributed by atoms with Gasteiger partial charge in [-0.25, -0.2) is 4.98 Å². The molecule has 0 radical (unpaired) electrons. The minimum atomic E-state index is 0.591. The molecule has 3 heteroatoms. The van der Waals surface area contributed by atoms with Gasteiger partial charge in [-0.1, -0.05) is 33.8 Å². The summed E-state index contributed by atoms with van der Waals surface area (Å²) in [6, 6.07) is 3.94. The van der Waals surface area contributed by atoms with Gasteiger partial charge >= 0.3 is 0 Å². The van der Waals surface area contributed by atoms with Gasteiger partial charge in [-0.15, -0.1) is 0 Å². The lowest BCUT2D eigenvalue weighted by atomic mass is 10.1. The second-order valence-electron chi connectivity index (χ2n) is 5.57. The Morgan fingerprint density at radius 1 is 1.12 bits per heavy atom. The molecule has 1 rings (SSSR count). The molecule has 0 saturated heterocycles. The van der Waals surface area contributed by atoms with E-state index in [0.29, 0.717) is 17.7 Å². The van der Waals surface area contributed by atoms with Crippen LogP contribution in [0.5, 0.6) is 0 Å². The molecule has 0 aromatic carbocycles. The highest BCUT2D eigenvalue weighted by molar-refractivity contribution is 5.29. The minimum absolute atomic E-state index is 0.591. The third-order valence-electron chi connectivity index (χ3n) is 2.50. The standard InChI is InChI=1S/C14H25N3/c1-11(2)8-17(9-12(3)4)10-13-5-6-14(15)16-7-13/h5-7,11-12H,8-10H2,1-4H3,(H2,15,16). The maximum atomic E-state index is 5.59. The van der Waals surface area contributed by atoms with Crippen LogP contribution in [0.2, 0.25) is 0 Å². The van der Waals surface area contributed by atoms with Crippen LogP contribution in [0.1, 0.15) is 33.3 Å². The predicted molar refractivity (Wildman–Crippen MR) is 73.6 cm³/mol. The van der Waals surface area contributed by atoms with Gasteiger partial charge < -0.3 is 5.73 Å². The monoisotopic (exact) mass is 235 g/mol. The normalized spacial score (nSPS) is 11.7. The Balaban J connectivity index is 2.61. The molecule has 1 aromatic rings. The Labute approximate surface area is 105 Å². The van der Waals surface area contributed by atoms with E-state index in [2.05, 4.69) is 43.6 Å². The van der Waals surface area contributed by atoms with Gasteiger partial charge in [0.05, 0.1) is 0 Å². The molecular weight excluding hydrogens is 210 g/mol. The van der Waals surface area contributed by atoms with E-state index >= 15 is 0 Å². The average Bonchev–Trinajstić information content (AvgIpc) is 2.19. The smallest absolute Gasteiger partial charge is 0.123 e. The summed E-state index contributed by atoms with van der Waals surface area (Å²) in [4.78, 5) is 6.63. The van der Waals surface area contributed by atoms with Crippen molar-refractivity contribution in [2.75, 3.05) is 18.8 Å². The van der Waals surface area contributed by atoms with E-state index in [4.69, 9.17) is 5.73 Å². The molecule has 0 aliphatic heterocycles. The molecule has 0 atom stereocenters. The molecule has 0 unspecified atom stereocenters. The van der Waals surface area contributed by atoms with Crippen LogP contribution in [0.3, 0.4) is 0 Å². The Morgan fingerprint density at radius 2 is 1.71 bits per heavy atom. The number of anilines is 1. The van der Waals surface area contributed by atoms with Crippen LogP contribution in [-0.4, -0.2) is 23.0 Å². The number of hydrogen-bond acceptors (Lipinski definition) is 3. The second-order valence-corrected chi connectivity index (χ2v) is 5.57. The van der Waals surface area contributed by atoms with Crippen LogP contribution >= 0.6 is 0 Å². The summed E-state index contributed by atoms with van der Waals surface area (Å²) >= 11 is 0. The molecule has 17 heavy (non-hydrogen) atoms. The third kappa shape index (κ3) is 5.68. The molecule has 0 saturated carbocycles. The van der Waals surface area contributed by atoms with Gasteiger partial charge in [-0.05, 0) is 23.5 Å². The number of pyridine rings is 1. The van der Waals surface area contributed by atoms with Crippen molar-refractivity contribution < 1.29 is 0 Å². The summed E-state index contributed by atoms with van der Waals surface area (Å²) in [6.45, 7) is 12.3. The zero-order valence-electron chi connectivity index (χ0n) is 11.5. The van der Waals surface area contributed by atoms with Crippen molar-refractivity contribution in [1.29, 1.82) is 0 Å². The highest BCUT2D eigenvalue weighted by Gasteiger charge is 2.10. The van der Waals surface area contributed by atoms with E-state index in [0.717, 1.165) is 19.6 Å². The number of nitrogen functional groups attached to an aromatic ring is 1. The van der Waals surface area contributed by atoms with E-state index in [1.54, 1.807) is 0 Å². The summed E-state index contributed by atoms with van der Waals surface area (Å²) in [7, 11) is 0. The summed E-state index contributed by atoms with van der Waals surface area (Å²) in [5.74, 6) is 1.97. The molecule has 1 aromatic heterocycles. The van der Waals surface area contributed by atoms with Crippen molar-refractivity contribution in [3.05, 3.63) is 23.9 Å². The van der Waals surface area contributed by atoms with Gasteiger partial charge in [-0.3, -0.25) is 4.90 Å². The molecule has 0 bridgehead atoms. The fourth-order valence-electron chi connectivity index (χ4n) is 2.02. The average molecular weight is 235 g/mol. The van der Waals surface area contributed by atoms with E-state index in [1.807, 2.05) is 12.3 Å². The van der Waals surface area contributed by atoms with Crippen molar-refractivity contribution in [1.82, 2.24) is 9.88 Å². The Hall–Kier alpha value is -1.09. The number of rotatable bonds is 6. The Bertz CT molecular complexity index is 307. The second kappa shape index (κ2) is 6.60. The topological polar surface area (TPSA) is 42.1 Å². The molecule has 0 aliphatic carbocycles. The zero-order valence-corrected chi connectivity index (χ0v) is 11.5. The largest absolute Gasteiger partial charge is 0.384 e. The lowest BCUT2D eigenvalue weighted by Gasteiger charge is -2.26. The first kappa shape index (κ1) is 14.0. The van der Waals surface area contributed by atoms with Crippen LogP contribution in [0.4, 0.5) is 5.82 Å². The summed E-state index contributed by atoms with van der Waals surface area (Å²) in [5.41, 5.74) is 6.83. The molecule has 0 amide bonds. The van der Waals surface area contributed by atoms with Crippen molar-refractivity contribution in [2.24, 2.45) is 11.8 Å².